The molecule has 2 aliphatic rings. The van der Waals surface area contributed by atoms with Crippen LogP contribution in [0.15, 0.2) is 16.7 Å². The van der Waals surface area contributed by atoms with E-state index in [1.807, 2.05) is 6.07 Å². The van der Waals surface area contributed by atoms with Crippen LogP contribution in [0.2, 0.25) is 0 Å². The highest BCUT2D eigenvalue weighted by Gasteiger charge is 2.38. The molecule has 0 unspecified atom stereocenters. The highest BCUT2D eigenvalue weighted by molar-refractivity contribution is 5.93. The summed E-state index contributed by atoms with van der Waals surface area (Å²) in [5.41, 5.74) is 0.947. The van der Waals surface area contributed by atoms with Gasteiger partial charge in [0.15, 0.2) is 0 Å². The molecule has 3 aromatic rings. The van der Waals surface area contributed by atoms with E-state index in [1.165, 1.54) is 6.92 Å². The molecule has 0 bridgehead atoms. The van der Waals surface area contributed by atoms with Crippen molar-refractivity contribution in [2.45, 2.75) is 50.6 Å². The standard InChI is InChI=1S/C21H22F3N5O2/c1-11-8-14(21(22,23)24)17-18(27-31-19(17)25-11)13-4-3-7-29(10-13)20(30)16-9-15(12-5-6-12)26-28(16)2/h8-9,12-13H,3-7,10H2,1-2H3/t13-/m1/s1. The monoisotopic (exact) mass is 433 g/mol. The summed E-state index contributed by atoms with van der Waals surface area (Å²) in [6.07, 6.45) is -1.09. The van der Waals surface area contributed by atoms with Crippen LogP contribution in [-0.4, -0.2) is 43.8 Å². The molecule has 7 nitrogen and oxygen atoms in total. The molecule has 0 N–H and O–H groups in total. The van der Waals surface area contributed by atoms with Crippen molar-refractivity contribution >= 4 is 17.0 Å². The van der Waals surface area contributed by atoms with E-state index >= 15 is 0 Å². The summed E-state index contributed by atoms with van der Waals surface area (Å²) in [6, 6.07) is 2.85. The lowest BCUT2D eigenvalue weighted by atomic mass is 9.91. The van der Waals surface area contributed by atoms with E-state index in [9.17, 15) is 18.0 Å². The van der Waals surface area contributed by atoms with Crippen molar-refractivity contribution in [3.63, 3.8) is 0 Å². The molecule has 1 saturated carbocycles. The third kappa shape index (κ3) is 3.57. The Morgan fingerprint density at radius 3 is 2.68 bits per heavy atom. The van der Waals surface area contributed by atoms with Gasteiger partial charge in [0.05, 0.1) is 22.3 Å². The first kappa shape index (κ1) is 20.0. The molecule has 0 aromatic carbocycles. The fraction of sp³-hybridized carbons (Fsp3) is 0.524. The van der Waals surface area contributed by atoms with E-state index < -0.39 is 11.7 Å². The van der Waals surface area contributed by atoms with Crippen LogP contribution in [0.3, 0.4) is 0 Å². The van der Waals surface area contributed by atoms with Crippen LogP contribution in [0, 0.1) is 6.92 Å². The van der Waals surface area contributed by atoms with Gasteiger partial charge in [-0.2, -0.15) is 18.3 Å². The van der Waals surface area contributed by atoms with Crippen LogP contribution in [0.1, 0.15) is 70.7 Å². The van der Waals surface area contributed by atoms with Gasteiger partial charge in [0.25, 0.3) is 11.6 Å². The maximum Gasteiger partial charge on any atom is 0.417 e. The summed E-state index contributed by atoms with van der Waals surface area (Å²) in [6.45, 7) is 2.30. The molecule has 164 valence electrons. The molecule has 1 saturated heterocycles. The zero-order chi connectivity index (χ0) is 21.9. The number of nitrogens with zero attached hydrogens (tertiary/aromatic N) is 5. The molecule has 1 aliphatic heterocycles. The quantitative estimate of drug-likeness (QED) is 0.619. The summed E-state index contributed by atoms with van der Waals surface area (Å²) in [5, 5.41) is 8.31. The summed E-state index contributed by atoms with van der Waals surface area (Å²) >= 11 is 0. The Bertz CT molecular complexity index is 1160. The zero-order valence-electron chi connectivity index (χ0n) is 17.2. The number of carbonyl (C=O) groups is 1. The number of rotatable bonds is 3. The summed E-state index contributed by atoms with van der Waals surface area (Å²) in [5.74, 6) is -0.0924. The second kappa shape index (κ2) is 7.06. The number of aromatic nitrogens is 4. The number of likely N-dealkylation sites (tertiary alicyclic amines) is 1. The molecule has 10 heteroatoms. The van der Waals surface area contributed by atoms with Crippen molar-refractivity contribution in [1.82, 2.24) is 24.8 Å². The number of amides is 1. The lowest BCUT2D eigenvalue weighted by molar-refractivity contribution is -0.136. The molecule has 1 atom stereocenters. The van der Waals surface area contributed by atoms with Gasteiger partial charge < -0.3 is 9.42 Å². The van der Waals surface area contributed by atoms with E-state index in [1.54, 1.807) is 16.6 Å². The molecular weight excluding hydrogens is 411 g/mol. The number of fused-ring (bicyclic) bond motifs is 1. The number of piperidine rings is 1. The number of carbonyl (C=O) groups excluding carboxylic acids is 1. The van der Waals surface area contributed by atoms with Gasteiger partial charge in [-0.25, -0.2) is 4.98 Å². The number of halogens is 3. The number of hydrogen-bond donors (Lipinski definition) is 0. The average molecular weight is 433 g/mol. The van der Waals surface area contributed by atoms with Gasteiger partial charge in [0, 0.05) is 37.7 Å². The van der Waals surface area contributed by atoms with Crippen molar-refractivity contribution in [1.29, 1.82) is 0 Å². The first-order chi connectivity index (χ1) is 14.7. The Labute approximate surface area is 176 Å². The predicted molar refractivity (Wildman–Crippen MR) is 105 cm³/mol. The van der Waals surface area contributed by atoms with Crippen LogP contribution in [0.25, 0.3) is 11.1 Å². The molecule has 3 aromatic heterocycles. The highest BCUT2D eigenvalue weighted by Crippen LogP contribution is 2.41. The molecule has 1 aliphatic carbocycles. The third-order valence-electron chi connectivity index (χ3n) is 6.12. The number of hydrogen-bond acceptors (Lipinski definition) is 5. The molecule has 0 spiro atoms. The molecule has 31 heavy (non-hydrogen) atoms. The van der Waals surface area contributed by atoms with Crippen molar-refractivity contribution in [3.05, 3.63) is 40.5 Å². The van der Waals surface area contributed by atoms with Gasteiger partial charge in [0.1, 0.15) is 5.69 Å². The third-order valence-corrected chi connectivity index (χ3v) is 6.12. The Kier molecular flexibility index (Phi) is 4.56. The maximum absolute atomic E-state index is 13.7. The summed E-state index contributed by atoms with van der Waals surface area (Å²) in [7, 11) is 1.75. The molecular formula is C21H22F3N5O2. The molecule has 4 heterocycles. The van der Waals surface area contributed by atoms with Gasteiger partial charge in [-0.3, -0.25) is 9.48 Å². The smallest absolute Gasteiger partial charge is 0.337 e. The predicted octanol–water partition coefficient (Wildman–Crippen LogP) is 4.18. The van der Waals surface area contributed by atoms with Crippen molar-refractivity contribution < 1.29 is 22.5 Å². The molecule has 2 fully saturated rings. The summed E-state index contributed by atoms with van der Waals surface area (Å²) < 4.78 is 47.9. The van der Waals surface area contributed by atoms with E-state index in [-0.39, 0.29) is 40.9 Å². The van der Waals surface area contributed by atoms with Crippen LogP contribution in [-0.2, 0) is 13.2 Å². The van der Waals surface area contributed by atoms with E-state index in [2.05, 4.69) is 15.2 Å². The van der Waals surface area contributed by atoms with Gasteiger partial charge in [-0.1, -0.05) is 5.16 Å². The number of aryl methyl sites for hydroxylation is 2. The fourth-order valence-corrected chi connectivity index (χ4v) is 4.41. The minimum absolute atomic E-state index is 0.103. The second-order valence-electron chi connectivity index (χ2n) is 8.50. The van der Waals surface area contributed by atoms with Crippen LogP contribution >= 0.6 is 0 Å². The SMILES string of the molecule is Cc1cc(C(F)(F)F)c2c([C@@H]3CCCN(C(=O)c4cc(C5CC5)nn4C)C3)noc2n1. The fourth-order valence-electron chi connectivity index (χ4n) is 4.41. The molecule has 0 radical (unpaired) electrons. The van der Waals surface area contributed by atoms with E-state index in [0.717, 1.165) is 24.6 Å². The van der Waals surface area contributed by atoms with Crippen molar-refractivity contribution in [3.8, 4) is 0 Å². The Hall–Kier alpha value is -2.91. The Morgan fingerprint density at radius 1 is 1.19 bits per heavy atom. The van der Waals surface area contributed by atoms with E-state index in [4.69, 9.17) is 4.52 Å². The first-order valence-corrected chi connectivity index (χ1v) is 10.4. The number of alkyl halides is 3. The van der Waals surface area contributed by atoms with Gasteiger partial charge in [-0.15, -0.1) is 0 Å². The normalized spacial score (nSPS) is 19.9. The van der Waals surface area contributed by atoms with Crippen molar-refractivity contribution in [2.24, 2.45) is 7.05 Å². The van der Waals surface area contributed by atoms with Gasteiger partial charge >= 0.3 is 6.18 Å². The van der Waals surface area contributed by atoms with Crippen LogP contribution in [0.5, 0.6) is 0 Å². The summed E-state index contributed by atoms with van der Waals surface area (Å²) in [4.78, 5) is 18.9. The topological polar surface area (TPSA) is 77.0 Å². The average Bonchev–Trinajstić information content (AvgIpc) is 3.37. The first-order valence-electron chi connectivity index (χ1n) is 10.4. The molecule has 1 amide bonds. The van der Waals surface area contributed by atoms with Gasteiger partial charge in [0.2, 0.25) is 0 Å². The lowest BCUT2D eigenvalue weighted by Crippen LogP contribution is -2.40. The Morgan fingerprint density at radius 2 is 1.97 bits per heavy atom. The Balaban J connectivity index is 1.46. The van der Waals surface area contributed by atoms with Crippen LogP contribution in [0.4, 0.5) is 13.2 Å². The maximum atomic E-state index is 13.7. The zero-order valence-corrected chi connectivity index (χ0v) is 17.2. The second-order valence-corrected chi connectivity index (χ2v) is 8.50. The minimum atomic E-state index is -4.55. The number of pyridine rings is 1. The molecule has 5 rings (SSSR count). The van der Waals surface area contributed by atoms with Crippen molar-refractivity contribution in [2.75, 3.05) is 13.1 Å². The van der Waals surface area contributed by atoms with Gasteiger partial charge in [-0.05, 0) is 44.7 Å². The minimum Gasteiger partial charge on any atom is -0.337 e. The largest absolute Gasteiger partial charge is 0.417 e. The van der Waals surface area contributed by atoms with Crippen LogP contribution < -0.4 is 0 Å². The highest BCUT2D eigenvalue weighted by atomic mass is 19.4. The lowest BCUT2D eigenvalue weighted by Gasteiger charge is -2.32. The van der Waals surface area contributed by atoms with E-state index in [0.29, 0.717) is 31.0 Å².